The Hall–Kier alpha value is -0.820. The number of unbranched alkanes of at least 4 members (excludes halogenated alkanes) is 18. The molecule has 0 fully saturated rings. The standard InChI is InChI=1S/C33H61N/c1-5-7-9-11-13-15-17-19-21-26-30-33(34(3)4,32-28-24-23-25-29-32)31-27-22-20-18-16-14-12-10-8-6-2/h23-25,28-29H,5-22,26-27,30-31H2,1-4H3. The van der Waals surface area contributed by atoms with Crippen molar-refractivity contribution in [2.24, 2.45) is 0 Å². The van der Waals surface area contributed by atoms with Gasteiger partial charge in [0, 0.05) is 5.54 Å². The number of hydrogen-bond acceptors (Lipinski definition) is 1. The molecule has 0 saturated carbocycles. The van der Waals surface area contributed by atoms with Crippen LogP contribution in [0.3, 0.4) is 0 Å². The van der Waals surface area contributed by atoms with Crippen molar-refractivity contribution >= 4 is 0 Å². The molecule has 0 atom stereocenters. The highest BCUT2D eigenvalue weighted by Gasteiger charge is 2.33. The predicted octanol–water partition coefficient (Wildman–Crippen LogP) is 11.1. The maximum absolute atomic E-state index is 2.55. The van der Waals surface area contributed by atoms with Gasteiger partial charge < -0.3 is 0 Å². The van der Waals surface area contributed by atoms with E-state index >= 15 is 0 Å². The Balaban J connectivity index is 2.39. The second kappa shape index (κ2) is 21.5. The molecular weight excluding hydrogens is 410 g/mol. The van der Waals surface area contributed by atoms with E-state index in [0.717, 1.165) is 0 Å². The maximum atomic E-state index is 2.55. The zero-order valence-electron chi connectivity index (χ0n) is 23.9. The van der Waals surface area contributed by atoms with Gasteiger partial charge in [-0.25, -0.2) is 0 Å². The first-order chi connectivity index (χ1) is 16.7. The van der Waals surface area contributed by atoms with Crippen LogP contribution in [0.2, 0.25) is 0 Å². The van der Waals surface area contributed by atoms with Crippen LogP contribution >= 0.6 is 0 Å². The maximum Gasteiger partial charge on any atom is 0.0454 e. The van der Waals surface area contributed by atoms with Crippen molar-refractivity contribution in [2.75, 3.05) is 14.1 Å². The van der Waals surface area contributed by atoms with Gasteiger partial charge in [0.15, 0.2) is 0 Å². The van der Waals surface area contributed by atoms with Crippen LogP contribution in [-0.2, 0) is 5.54 Å². The predicted molar refractivity (Wildman–Crippen MR) is 155 cm³/mol. The third-order valence-corrected chi connectivity index (χ3v) is 8.06. The van der Waals surface area contributed by atoms with E-state index in [1.165, 1.54) is 147 Å². The zero-order valence-corrected chi connectivity index (χ0v) is 23.9. The second-order valence-corrected chi connectivity index (χ2v) is 11.2. The van der Waals surface area contributed by atoms with Gasteiger partial charge >= 0.3 is 0 Å². The number of benzene rings is 1. The summed E-state index contributed by atoms with van der Waals surface area (Å²) in [5.41, 5.74) is 1.74. The summed E-state index contributed by atoms with van der Waals surface area (Å²) in [7, 11) is 4.64. The highest BCUT2D eigenvalue weighted by molar-refractivity contribution is 5.24. The highest BCUT2D eigenvalue weighted by Crippen LogP contribution is 2.37. The molecule has 0 saturated heterocycles. The van der Waals surface area contributed by atoms with Crippen LogP contribution < -0.4 is 0 Å². The SMILES string of the molecule is CCCCCCCCCCCCC(CCCCCCCCCCCC)(c1ccccc1)N(C)C. The minimum absolute atomic E-state index is 0.210. The minimum Gasteiger partial charge on any atom is -0.300 e. The van der Waals surface area contributed by atoms with Gasteiger partial charge in [-0.2, -0.15) is 0 Å². The number of rotatable bonds is 24. The molecule has 0 aliphatic carbocycles. The molecular formula is C33H61N. The Morgan fingerprint density at radius 2 is 0.794 bits per heavy atom. The molecule has 0 heterocycles. The van der Waals surface area contributed by atoms with Gasteiger partial charge in [-0.3, -0.25) is 4.90 Å². The van der Waals surface area contributed by atoms with Gasteiger partial charge in [0.25, 0.3) is 0 Å². The van der Waals surface area contributed by atoms with E-state index < -0.39 is 0 Å². The molecule has 34 heavy (non-hydrogen) atoms. The topological polar surface area (TPSA) is 3.24 Å². The number of nitrogens with zero attached hydrogens (tertiary/aromatic N) is 1. The van der Waals surface area contributed by atoms with Gasteiger partial charge in [0.05, 0.1) is 0 Å². The molecule has 1 aromatic carbocycles. The molecule has 0 amide bonds. The third kappa shape index (κ3) is 13.9. The minimum atomic E-state index is 0.210. The van der Waals surface area contributed by atoms with Crippen LogP contribution in [0.25, 0.3) is 0 Å². The molecule has 0 N–H and O–H groups in total. The molecule has 0 bridgehead atoms. The van der Waals surface area contributed by atoms with Crippen molar-refractivity contribution in [1.29, 1.82) is 0 Å². The van der Waals surface area contributed by atoms with Crippen LogP contribution in [0.1, 0.15) is 161 Å². The molecule has 0 unspecified atom stereocenters. The van der Waals surface area contributed by atoms with Gasteiger partial charge in [-0.15, -0.1) is 0 Å². The van der Waals surface area contributed by atoms with E-state index in [0.29, 0.717) is 0 Å². The molecule has 198 valence electrons. The van der Waals surface area contributed by atoms with Crippen LogP contribution in [0, 0.1) is 0 Å². The fourth-order valence-corrected chi connectivity index (χ4v) is 5.68. The first kappa shape index (κ1) is 31.2. The van der Waals surface area contributed by atoms with Gasteiger partial charge in [0.1, 0.15) is 0 Å². The van der Waals surface area contributed by atoms with Crippen molar-refractivity contribution in [3.63, 3.8) is 0 Å². The summed E-state index contributed by atoms with van der Waals surface area (Å²) in [5, 5.41) is 0. The lowest BCUT2D eigenvalue weighted by Crippen LogP contribution is -2.41. The Morgan fingerprint density at radius 3 is 1.12 bits per heavy atom. The van der Waals surface area contributed by atoms with E-state index in [2.05, 4.69) is 63.2 Å². The van der Waals surface area contributed by atoms with E-state index in [1.807, 2.05) is 0 Å². The summed E-state index contributed by atoms with van der Waals surface area (Å²) in [6, 6.07) is 11.4. The van der Waals surface area contributed by atoms with Gasteiger partial charge in [-0.05, 0) is 32.5 Å². The van der Waals surface area contributed by atoms with Crippen molar-refractivity contribution < 1.29 is 0 Å². The number of hydrogen-bond donors (Lipinski definition) is 0. The lowest BCUT2D eigenvalue weighted by molar-refractivity contribution is 0.117. The zero-order chi connectivity index (χ0) is 24.7. The summed E-state index contributed by atoms with van der Waals surface area (Å²) in [5.74, 6) is 0. The molecule has 1 nitrogen and oxygen atoms in total. The smallest absolute Gasteiger partial charge is 0.0454 e. The molecule has 1 heteroatoms. The van der Waals surface area contributed by atoms with Gasteiger partial charge in [0.2, 0.25) is 0 Å². The Labute approximate surface area is 215 Å². The van der Waals surface area contributed by atoms with E-state index in [9.17, 15) is 0 Å². The average molecular weight is 472 g/mol. The lowest BCUT2D eigenvalue weighted by Gasteiger charge is -2.41. The Morgan fingerprint density at radius 1 is 0.471 bits per heavy atom. The normalized spacial score (nSPS) is 12.0. The largest absolute Gasteiger partial charge is 0.300 e. The molecule has 1 rings (SSSR count). The molecule has 0 radical (unpaired) electrons. The van der Waals surface area contributed by atoms with Crippen LogP contribution in [0.5, 0.6) is 0 Å². The van der Waals surface area contributed by atoms with Crippen LogP contribution in [0.4, 0.5) is 0 Å². The molecule has 0 aliphatic rings. The molecule has 1 aromatic rings. The van der Waals surface area contributed by atoms with Gasteiger partial charge in [-0.1, -0.05) is 173 Å². The highest BCUT2D eigenvalue weighted by atomic mass is 15.1. The van der Waals surface area contributed by atoms with E-state index in [1.54, 1.807) is 0 Å². The summed E-state index contributed by atoms with van der Waals surface area (Å²) in [6.45, 7) is 4.61. The summed E-state index contributed by atoms with van der Waals surface area (Å²) in [4.78, 5) is 2.55. The Kier molecular flexibility index (Phi) is 19.7. The first-order valence-corrected chi connectivity index (χ1v) is 15.4. The third-order valence-electron chi connectivity index (χ3n) is 8.06. The molecule has 0 aliphatic heterocycles. The second-order valence-electron chi connectivity index (χ2n) is 11.2. The lowest BCUT2D eigenvalue weighted by atomic mass is 9.79. The monoisotopic (exact) mass is 471 g/mol. The van der Waals surface area contributed by atoms with Crippen LogP contribution in [0.15, 0.2) is 30.3 Å². The molecule has 0 spiro atoms. The van der Waals surface area contributed by atoms with Crippen molar-refractivity contribution in [3.05, 3.63) is 35.9 Å². The molecule has 0 aromatic heterocycles. The van der Waals surface area contributed by atoms with Crippen LogP contribution in [-0.4, -0.2) is 19.0 Å². The average Bonchev–Trinajstić information content (AvgIpc) is 2.85. The summed E-state index contributed by atoms with van der Waals surface area (Å²) in [6.07, 6.45) is 31.0. The van der Waals surface area contributed by atoms with E-state index in [-0.39, 0.29) is 5.54 Å². The quantitative estimate of drug-likeness (QED) is 0.135. The first-order valence-electron chi connectivity index (χ1n) is 15.4. The van der Waals surface area contributed by atoms with Crippen molar-refractivity contribution in [1.82, 2.24) is 4.90 Å². The Bertz CT molecular complexity index is 511. The summed E-state index contributed by atoms with van der Waals surface area (Å²) >= 11 is 0. The van der Waals surface area contributed by atoms with Crippen molar-refractivity contribution in [2.45, 2.75) is 161 Å². The van der Waals surface area contributed by atoms with E-state index in [4.69, 9.17) is 0 Å². The fraction of sp³-hybridized carbons (Fsp3) is 0.818. The van der Waals surface area contributed by atoms with Crippen molar-refractivity contribution in [3.8, 4) is 0 Å². The summed E-state index contributed by atoms with van der Waals surface area (Å²) < 4.78 is 0. The fourth-order valence-electron chi connectivity index (χ4n) is 5.68.